The Morgan fingerprint density at radius 2 is 1.96 bits per heavy atom. The Hall–Kier alpha value is -2.07. The Labute approximate surface area is 162 Å². The van der Waals surface area contributed by atoms with E-state index in [9.17, 15) is 4.79 Å². The molecule has 0 radical (unpaired) electrons. The van der Waals surface area contributed by atoms with Crippen LogP contribution < -0.4 is 0 Å². The van der Waals surface area contributed by atoms with E-state index in [1.807, 2.05) is 17.0 Å². The minimum absolute atomic E-state index is 0.0289. The number of nitrogens with zero attached hydrogens (tertiary/aromatic N) is 1. The summed E-state index contributed by atoms with van der Waals surface area (Å²) in [6.07, 6.45) is 5.54. The summed E-state index contributed by atoms with van der Waals surface area (Å²) in [5, 5.41) is 0. The van der Waals surface area contributed by atoms with Gasteiger partial charge in [0.2, 0.25) is 5.91 Å². The van der Waals surface area contributed by atoms with Crippen LogP contribution in [0, 0.1) is 0 Å². The van der Waals surface area contributed by atoms with Crippen molar-refractivity contribution in [3.05, 3.63) is 60.1 Å². The summed E-state index contributed by atoms with van der Waals surface area (Å²) in [4.78, 5) is 14.1. The Morgan fingerprint density at radius 3 is 2.59 bits per heavy atom. The average Bonchev–Trinajstić information content (AvgIpc) is 3.19. The van der Waals surface area contributed by atoms with Crippen molar-refractivity contribution in [2.24, 2.45) is 0 Å². The molecule has 146 valence electrons. The van der Waals surface area contributed by atoms with E-state index in [1.165, 1.54) is 5.56 Å². The van der Waals surface area contributed by atoms with Crippen LogP contribution in [0.1, 0.15) is 57.8 Å². The Morgan fingerprint density at radius 1 is 1.19 bits per heavy atom. The highest BCUT2D eigenvalue weighted by molar-refractivity contribution is 5.73. The zero-order valence-corrected chi connectivity index (χ0v) is 16.7. The van der Waals surface area contributed by atoms with Gasteiger partial charge in [-0.1, -0.05) is 37.3 Å². The average molecular weight is 370 g/mol. The van der Waals surface area contributed by atoms with Crippen molar-refractivity contribution in [2.45, 2.75) is 64.0 Å². The van der Waals surface area contributed by atoms with Crippen LogP contribution in [0.2, 0.25) is 0 Å². The first-order valence-electron chi connectivity index (χ1n) is 9.94. The number of rotatable bonds is 7. The number of furan rings is 1. The normalized spacial score (nSPS) is 25.3. The van der Waals surface area contributed by atoms with Crippen molar-refractivity contribution in [3.8, 4) is 0 Å². The fraction of sp³-hybridized carbons (Fsp3) is 0.522. The van der Waals surface area contributed by atoms with Gasteiger partial charge >= 0.3 is 0 Å². The molecule has 1 aromatic carbocycles. The van der Waals surface area contributed by atoms with Gasteiger partial charge in [-0.15, -0.1) is 0 Å². The number of amides is 1. The Bertz CT molecular complexity index is 727. The van der Waals surface area contributed by atoms with Crippen LogP contribution in [0.3, 0.4) is 0 Å². The van der Waals surface area contributed by atoms with Crippen LogP contribution in [-0.4, -0.2) is 29.6 Å². The third-order valence-corrected chi connectivity index (χ3v) is 6.11. The summed E-state index contributed by atoms with van der Waals surface area (Å²) < 4.78 is 11.6. The van der Waals surface area contributed by atoms with Gasteiger partial charge in [0.15, 0.2) is 0 Å². The quantitative estimate of drug-likeness (QED) is 0.694. The van der Waals surface area contributed by atoms with Gasteiger partial charge < -0.3 is 14.1 Å². The van der Waals surface area contributed by atoms with Crippen molar-refractivity contribution >= 4 is 5.91 Å². The van der Waals surface area contributed by atoms with E-state index in [4.69, 9.17) is 9.15 Å². The predicted molar refractivity (Wildman–Crippen MR) is 106 cm³/mol. The van der Waals surface area contributed by atoms with E-state index in [1.54, 1.807) is 13.2 Å². The molecular formula is C23H31NO3. The van der Waals surface area contributed by atoms with Gasteiger partial charge in [0.25, 0.3) is 0 Å². The molecule has 0 saturated carbocycles. The minimum Gasteiger partial charge on any atom is -0.467 e. The zero-order chi connectivity index (χ0) is 19.3. The molecule has 4 nitrogen and oxygen atoms in total. The highest BCUT2D eigenvalue weighted by atomic mass is 16.5. The van der Waals surface area contributed by atoms with Gasteiger partial charge in [-0.3, -0.25) is 4.79 Å². The van der Waals surface area contributed by atoms with Crippen molar-refractivity contribution in [2.75, 3.05) is 13.2 Å². The molecule has 0 spiro atoms. The Balaban J connectivity index is 1.82. The van der Waals surface area contributed by atoms with Crippen LogP contribution in [0.4, 0.5) is 0 Å². The lowest BCUT2D eigenvalue weighted by molar-refractivity contribution is -0.130. The largest absolute Gasteiger partial charge is 0.467 e. The summed E-state index contributed by atoms with van der Waals surface area (Å²) in [6, 6.07) is 14.5. The topological polar surface area (TPSA) is 42.7 Å². The maximum absolute atomic E-state index is 12.2. The second kappa shape index (κ2) is 8.30. The van der Waals surface area contributed by atoms with Crippen LogP contribution in [-0.2, 0) is 21.5 Å². The van der Waals surface area contributed by atoms with E-state index >= 15 is 0 Å². The van der Waals surface area contributed by atoms with E-state index < -0.39 is 0 Å². The standard InChI is InChI=1S/C23H31NO3/c1-4-22(3)18-23(13-16-27-22,20-9-6-5-7-10-20)12-14-24(19(2)25)17-21-11-8-15-26-21/h5-11,15H,4,12-14,16-18H2,1-3H3/t22-,23+/m1/s1. The minimum atomic E-state index is -0.115. The fourth-order valence-electron chi connectivity index (χ4n) is 4.26. The molecular weight excluding hydrogens is 338 g/mol. The zero-order valence-electron chi connectivity index (χ0n) is 16.7. The summed E-state index contributed by atoms with van der Waals surface area (Å²) in [6.45, 7) is 8.05. The molecule has 2 aromatic rings. The van der Waals surface area contributed by atoms with Gasteiger partial charge in [-0.05, 0) is 50.3 Å². The van der Waals surface area contributed by atoms with Crippen LogP contribution >= 0.6 is 0 Å². The molecule has 0 bridgehead atoms. The first-order valence-corrected chi connectivity index (χ1v) is 9.94. The summed E-state index contributed by atoms with van der Waals surface area (Å²) >= 11 is 0. The molecule has 2 atom stereocenters. The van der Waals surface area contributed by atoms with Crippen molar-refractivity contribution in [1.82, 2.24) is 4.90 Å². The second-order valence-corrected chi connectivity index (χ2v) is 7.99. The Kier molecular flexibility index (Phi) is 6.05. The molecule has 1 saturated heterocycles. The molecule has 4 heteroatoms. The molecule has 0 unspecified atom stereocenters. The van der Waals surface area contributed by atoms with Crippen LogP contribution in [0.15, 0.2) is 53.1 Å². The van der Waals surface area contributed by atoms with E-state index in [0.717, 1.165) is 38.1 Å². The second-order valence-electron chi connectivity index (χ2n) is 7.99. The SMILES string of the molecule is CC[C@]1(C)C[C@@](CCN(Cc2ccco2)C(C)=O)(c2ccccc2)CCO1. The number of hydrogen-bond acceptors (Lipinski definition) is 3. The molecule has 3 rings (SSSR count). The maximum atomic E-state index is 12.2. The van der Waals surface area contributed by atoms with E-state index in [2.05, 4.69) is 44.2 Å². The molecule has 1 aliphatic rings. The smallest absolute Gasteiger partial charge is 0.219 e. The lowest BCUT2D eigenvalue weighted by Crippen LogP contribution is -2.47. The van der Waals surface area contributed by atoms with Crippen molar-refractivity contribution in [1.29, 1.82) is 0 Å². The van der Waals surface area contributed by atoms with E-state index in [-0.39, 0.29) is 16.9 Å². The molecule has 1 aliphatic heterocycles. The lowest BCUT2D eigenvalue weighted by atomic mass is 9.66. The third kappa shape index (κ3) is 4.62. The highest BCUT2D eigenvalue weighted by Gasteiger charge is 2.43. The van der Waals surface area contributed by atoms with Gasteiger partial charge in [0, 0.05) is 25.5 Å². The van der Waals surface area contributed by atoms with Gasteiger partial charge in [-0.2, -0.15) is 0 Å². The summed E-state index contributed by atoms with van der Waals surface area (Å²) in [7, 11) is 0. The number of hydrogen-bond donors (Lipinski definition) is 0. The van der Waals surface area contributed by atoms with Gasteiger partial charge in [-0.25, -0.2) is 0 Å². The number of carbonyl (C=O) groups is 1. The molecule has 1 aromatic heterocycles. The molecule has 1 fully saturated rings. The molecule has 2 heterocycles. The molecule has 0 N–H and O–H groups in total. The summed E-state index contributed by atoms with van der Waals surface area (Å²) in [5.74, 6) is 0.907. The third-order valence-electron chi connectivity index (χ3n) is 6.11. The molecule has 0 aliphatic carbocycles. The fourth-order valence-corrected chi connectivity index (χ4v) is 4.26. The van der Waals surface area contributed by atoms with E-state index in [0.29, 0.717) is 13.1 Å². The molecule has 1 amide bonds. The van der Waals surface area contributed by atoms with Crippen molar-refractivity contribution < 1.29 is 13.9 Å². The van der Waals surface area contributed by atoms with Crippen LogP contribution in [0.25, 0.3) is 0 Å². The van der Waals surface area contributed by atoms with Gasteiger partial charge in [0.1, 0.15) is 5.76 Å². The highest BCUT2D eigenvalue weighted by Crippen LogP contribution is 2.45. The number of benzene rings is 1. The number of carbonyl (C=O) groups excluding carboxylic acids is 1. The predicted octanol–water partition coefficient (Wildman–Crippen LogP) is 4.94. The lowest BCUT2D eigenvalue weighted by Gasteiger charge is -2.47. The summed E-state index contributed by atoms with van der Waals surface area (Å²) in [5.41, 5.74) is 1.27. The van der Waals surface area contributed by atoms with Crippen LogP contribution in [0.5, 0.6) is 0 Å². The maximum Gasteiger partial charge on any atom is 0.219 e. The first-order chi connectivity index (χ1) is 13.0. The first kappa shape index (κ1) is 19.7. The molecule has 27 heavy (non-hydrogen) atoms. The van der Waals surface area contributed by atoms with Gasteiger partial charge in [0.05, 0.1) is 18.4 Å². The number of ether oxygens (including phenoxy) is 1. The van der Waals surface area contributed by atoms with Crippen molar-refractivity contribution in [3.63, 3.8) is 0 Å². The monoisotopic (exact) mass is 369 g/mol.